The number of carbonyl (C=O) groups excluding carboxylic acids is 1. The van der Waals surface area contributed by atoms with Gasteiger partial charge in [-0.1, -0.05) is 13.8 Å². The molecule has 10 rings (SSSR count). The molecule has 2 fully saturated rings. The highest BCUT2D eigenvalue weighted by Gasteiger charge is 2.36. The number of nitrogens with two attached hydrogens (primary N) is 1. The van der Waals surface area contributed by atoms with Crippen LogP contribution in [0.15, 0.2) is 74.1 Å². The highest BCUT2D eigenvalue weighted by molar-refractivity contribution is 5.92. The second kappa shape index (κ2) is 15.5. The van der Waals surface area contributed by atoms with Crippen LogP contribution in [0.5, 0.6) is 0 Å². The fourth-order valence-corrected chi connectivity index (χ4v) is 8.27. The first-order chi connectivity index (χ1) is 27.5. The number of nitrogens with one attached hydrogen (secondary N) is 3. The molecule has 292 valence electrons. The summed E-state index contributed by atoms with van der Waals surface area (Å²) in [6, 6.07) is 4.49. The van der Waals surface area contributed by atoms with E-state index < -0.39 is 5.97 Å². The number of H-pyrrole nitrogens is 2. The van der Waals surface area contributed by atoms with Crippen LogP contribution in [0.25, 0.3) is 33.6 Å². The zero-order valence-electron chi connectivity index (χ0n) is 32.0. The normalized spacial score (nSPS) is 21.7. The molecule has 8 aromatic heterocycles. The number of carboxylic acid groups (broad SMARTS) is 1. The first-order valence-corrected chi connectivity index (χ1v) is 19.0. The third kappa shape index (κ3) is 7.52. The van der Waals surface area contributed by atoms with Crippen LogP contribution in [0, 0.1) is 25.7 Å². The van der Waals surface area contributed by atoms with Gasteiger partial charge in [0.15, 0.2) is 28.3 Å². The first-order valence-electron chi connectivity index (χ1n) is 19.0. The second-order valence-electron chi connectivity index (χ2n) is 15.1. The Labute approximate surface area is 326 Å². The number of rotatable bonds is 5. The standard InChI is InChI=1S/C20H21N7O.C14H17N5.C6H6N2O2/c1-11-5-13(26-20(28)15-8-22-12(2)7-23-15)6-14(11)17-9-24-18-10-25-19-16(27(17)18)3-4-21-19;1-8-4-9(15)5-10(8)12-6-17-13-7-18-14-11(19(12)13)2-3-16-14;1-4-2-8-5(3-7-4)6(9)10/h3-4,7-11,13-14,21H,5-6H2,1-2H3,(H,26,28);2-3,6-10,16H,4-5,15H2,1H3;2-3H,1H3,(H,9,10)/t11-,13+,14+;8-,9+,10+;/m11./s1. The molecule has 0 spiro atoms. The lowest BCUT2D eigenvalue weighted by molar-refractivity contribution is 0.0689. The summed E-state index contributed by atoms with van der Waals surface area (Å²) in [4.78, 5) is 62.6. The van der Waals surface area contributed by atoms with Crippen molar-refractivity contribution in [3.63, 3.8) is 0 Å². The molecule has 2 aliphatic carbocycles. The number of aromatic amines is 2. The fourth-order valence-electron chi connectivity index (χ4n) is 8.27. The van der Waals surface area contributed by atoms with Crippen molar-refractivity contribution >= 4 is 45.5 Å². The molecule has 0 saturated heterocycles. The third-order valence-electron chi connectivity index (χ3n) is 11.0. The van der Waals surface area contributed by atoms with E-state index in [-0.39, 0.29) is 17.6 Å². The van der Waals surface area contributed by atoms with Crippen LogP contribution in [0.3, 0.4) is 0 Å². The molecule has 17 nitrogen and oxygen atoms in total. The lowest BCUT2D eigenvalue weighted by Crippen LogP contribution is -2.33. The fraction of sp³-hybridized carbons (Fsp3) is 0.350. The molecule has 1 amide bonds. The van der Waals surface area contributed by atoms with Crippen LogP contribution >= 0.6 is 0 Å². The number of hydrogen-bond acceptors (Lipinski definition) is 11. The van der Waals surface area contributed by atoms with E-state index in [0.717, 1.165) is 65.0 Å². The van der Waals surface area contributed by atoms with Crippen LogP contribution in [0.1, 0.15) is 95.1 Å². The van der Waals surface area contributed by atoms with Crippen LogP contribution < -0.4 is 11.1 Å². The molecular weight excluding hydrogens is 725 g/mol. The maximum atomic E-state index is 12.5. The Bertz CT molecular complexity index is 2680. The van der Waals surface area contributed by atoms with Crippen LogP contribution in [0.4, 0.5) is 0 Å². The van der Waals surface area contributed by atoms with Gasteiger partial charge in [0, 0.05) is 72.5 Å². The maximum Gasteiger partial charge on any atom is 0.356 e. The predicted octanol–water partition coefficient (Wildman–Crippen LogP) is 5.16. The average molecular weight is 769 g/mol. The average Bonchev–Trinajstić information content (AvgIpc) is 4.05. The number of aromatic carboxylic acids is 1. The number of carbonyl (C=O) groups is 2. The van der Waals surface area contributed by atoms with Crippen molar-refractivity contribution in [1.29, 1.82) is 0 Å². The van der Waals surface area contributed by atoms with Gasteiger partial charge in [-0.25, -0.2) is 34.7 Å². The van der Waals surface area contributed by atoms with E-state index in [9.17, 15) is 9.59 Å². The smallest absolute Gasteiger partial charge is 0.356 e. The maximum absolute atomic E-state index is 12.5. The monoisotopic (exact) mass is 768 g/mol. The molecule has 0 radical (unpaired) electrons. The SMILES string of the molecule is C[C@@H]1C[C@H](N)C[C@@H]1c1cnc2cnc3[nH]ccc3n12.Cc1cnc(C(=O)N[C@H]2C[C@@H](C)[C@@H](c3cnc4cnc5[nH]ccc5n34)C2)cn1.Cc1cnc(C(=O)O)cn1. The summed E-state index contributed by atoms with van der Waals surface area (Å²) < 4.78 is 4.40. The van der Waals surface area contributed by atoms with E-state index in [2.05, 4.69) is 83.9 Å². The van der Waals surface area contributed by atoms with Gasteiger partial charge < -0.3 is 26.1 Å². The Morgan fingerprint density at radius 3 is 1.68 bits per heavy atom. The van der Waals surface area contributed by atoms with E-state index in [0.29, 0.717) is 41.1 Å². The molecule has 8 heterocycles. The molecule has 6 atom stereocenters. The number of hydrogen-bond donors (Lipinski definition) is 5. The van der Waals surface area contributed by atoms with Gasteiger partial charge in [0.1, 0.15) is 5.69 Å². The van der Waals surface area contributed by atoms with Gasteiger partial charge >= 0.3 is 5.97 Å². The molecule has 0 unspecified atom stereocenters. The van der Waals surface area contributed by atoms with Crippen molar-refractivity contribution in [3.8, 4) is 0 Å². The van der Waals surface area contributed by atoms with Gasteiger partial charge in [0.05, 0.1) is 47.2 Å². The molecule has 8 aromatic rings. The van der Waals surface area contributed by atoms with Gasteiger partial charge in [-0.15, -0.1) is 0 Å². The number of nitrogens with zero attached hydrogens (tertiary/aromatic N) is 10. The Morgan fingerprint density at radius 1 is 0.667 bits per heavy atom. The highest BCUT2D eigenvalue weighted by atomic mass is 16.4. The molecular formula is C40H44N14O3. The molecule has 2 saturated carbocycles. The predicted molar refractivity (Wildman–Crippen MR) is 212 cm³/mol. The highest BCUT2D eigenvalue weighted by Crippen LogP contribution is 2.41. The van der Waals surface area contributed by atoms with Crippen LogP contribution in [-0.4, -0.2) is 87.7 Å². The van der Waals surface area contributed by atoms with Crippen molar-refractivity contribution in [2.45, 2.75) is 77.3 Å². The topological polar surface area (TPSA) is 236 Å². The molecule has 57 heavy (non-hydrogen) atoms. The largest absolute Gasteiger partial charge is 0.476 e. The van der Waals surface area contributed by atoms with Crippen LogP contribution in [0.2, 0.25) is 0 Å². The van der Waals surface area contributed by atoms with Crippen molar-refractivity contribution in [3.05, 3.63) is 108 Å². The number of aromatic nitrogens is 12. The lowest BCUT2D eigenvalue weighted by Gasteiger charge is -2.15. The number of imidazole rings is 2. The molecule has 0 aromatic carbocycles. The van der Waals surface area contributed by atoms with Crippen molar-refractivity contribution in [2.24, 2.45) is 17.6 Å². The minimum atomic E-state index is -1.05. The zero-order chi connectivity index (χ0) is 39.8. The Balaban J connectivity index is 0.000000135. The van der Waals surface area contributed by atoms with Gasteiger partial charge in [-0.3, -0.25) is 23.6 Å². The quantitative estimate of drug-likeness (QED) is 0.153. The van der Waals surface area contributed by atoms with E-state index in [1.165, 1.54) is 30.0 Å². The Kier molecular flexibility index (Phi) is 10.1. The first kappa shape index (κ1) is 37.3. The molecule has 0 bridgehead atoms. The summed E-state index contributed by atoms with van der Waals surface area (Å²) in [5, 5.41) is 11.5. The summed E-state index contributed by atoms with van der Waals surface area (Å²) in [7, 11) is 0. The van der Waals surface area contributed by atoms with Gasteiger partial charge in [-0.05, 0) is 63.5 Å². The number of fused-ring (bicyclic) bond motifs is 6. The summed E-state index contributed by atoms with van der Waals surface area (Å²) >= 11 is 0. The molecule has 6 N–H and O–H groups in total. The van der Waals surface area contributed by atoms with Gasteiger partial charge in [0.2, 0.25) is 0 Å². The summed E-state index contributed by atoms with van der Waals surface area (Å²) in [5.41, 5.74) is 16.0. The Hall–Kier alpha value is -6.62. The van der Waals surface area contributed by atoms with Crippen molar-refractivity contribution < 1.29 is 14.7 Å². The summed E-state index contributed by atoms with van der Waals surface area (Å²) in [5.74, 6) is 0.622. The van der Waals surface area contributed by atoms with Crippen LogP contribution in [-0.2, 0) is 0 Å². The van der Waals surface area contributed by atoms with Gasteiger partial charge in [0.25, 0.3) is 5.91 Å². The third-order valence-corrected chi connectivity index (χ3v) is 11.0. The Morgan fingerprint density at radius 2 is 1.19 bits per heavy atom. The second-order valence-corrected chi connectivity index (χ2v) is 15.1. The lowest BCUT2D eigenvalue weighted by atomic mass is 9.95. The number of carboxylic acids is 1. The minimum Gasteiger partial charge on any atom is -0.476 e. The van der Waals surface area contributed by atoms with Gasteiger partial charge in [-0.2, -0.15) is 0 Å². The molecule has 2 aliphatic rings. The van der Waals surface area contributed by atoms with E-state index >= 15 is 0 Å². The molecule has 17 heteroatoms. The summed E-state index contributed by atoms with van der Waals surface area (Å²) in [6.45, 7) is 8.12. The summed E-state index contributed by atoms with van der Waals surface area (Å²) in [6.07, 6.45) is 21.1. The number of aryl methyl sites for hydroxylation is 2. The minimum absolute atomic E-state index is 0.0226. The van der Waals surface area contributed by atoms with Crippen molar-refractivity contribution in [1.82, 2.24) is 64.0 Å². The zero-order valence-corrected chi connectivity index (χ0v) is 32.0. The van der Waals surface area contributed by atoms with Crippen molar-refractivity contribution in [2.75, 3.05) is 0 Å². The van der Waals surface area contributed by atoms with E-state index in [1.54, 1.807) is 19.3 Å². The molecule has 0 aliphatic heterocycles. The number of amides is 1. The van der Waals surface area contributed by atoms with E-state index in [1.807, 2.05) is 44.0 Å². The van der Waals surface area contributed by atoms with E-state index in [4.69, 9.17) is 10.8 Å².